The number of benzene rings is 6. The average molecular weight is 1030 g/mol. The number of esters is 1. The van der Waals surface area contributed by atoms with E-state index < -0.39 is 18.0 Å². The zero-order valence-electron chi connectivity index (χ0n) is 40.5. The molecule has 0 spiro atoms. The number of aromatic nitrogens is 4. The Bertz CT molecular complexity index is 3280. The molecule has 0 bridgehead atoms. The van der Waals surface area contributed by atoms with Gasteiger partial charge in [0.1, 0.15) is 23.1 Å². The highest BCUT2D eigenvalue weighted by Gasteiger charge is 2.21. The largest absolute Gasteiger partial charge is 0.489 e. The van der Waals surface area contributed by atoms with Gasteiger partial charge in [-0.3, -0.25) is 9.59 Å². The second-order valence-electron chi connectivity index (χ2n) is 18.1. The number of aromatic carboxylic acids is 1. The van der Waals surface area contributed by atoms with Gasteiger partial charge in [0.2, 0.25) is 0 Å². The number of amides is 2. The van der Waals surface area contributed by atoms with Crippen LogP contribution in [0.15, 0.2) is 121 Å². The summed E-state index contributed by atoms with van der Waals surface area (Å²) in [4.78, 5) is 67.7. The first kappa shape index (κ1) is 51.6. The number of halogens is 2. The van der Waals surface area contributed by atoms with Crippen LogP contribution in [0.3, 0.4) is 0 Å². The van der Waals surface area contributed by atoms with Crippen molar-refractivity contribution in [2.75, 3.05) is 13.2 Å². The lowest BCUT2D eigenvalue weighted by Crippen LogP contribution is -2.37. The predicted molar refractivity (Wildman–Crippen MR) is 281 cm³/mol. The highest BCUT2D eigenvalue weighted by atomic mass is 35.5. The first-order valence-corrected chi connectivity index (χ1v) is 24.6. The highest BCUT2D eigenvalue weighted by Crippen LogP contribution is 2.29. The average Bonchev–Trinajstić information content (AvgIpc) is 4.00. The van der Waals surface area contributed by atoms with Gasteiger partial charge in [-0.05, 0) is 131 Å². The van der Waals surface area contributed by atoms with Crippen LogP contribution in [0.4, 0.5) is 0 Å². The van der Waals surface area contributed by atoms with Gasteiger partial charge in [-0.25, -0.2) is 19.6 Å². The predicted octanol–water partition coefficient (Wildman–Crippen LogP) is 10.7. The Morgan fingerprint density at radius 2 is 1.01 bits per heavy atom. The molecule has 17 heteroatoms. The summed E-state index contributed by atoms with van der Waals surface area (Å²) in [5.74, 6) is -0.107. The number of H-pyrrole nitrogens is 2. The number of aliphatic hydroxyl groups is 1. The molecule has 8 rings (SSSR count). The summed E-state index contributed by atoms with van der Waals surface area (Å²) >= 11 is 12.9. The molecule has 0 saturated heterocycles. The van der Waals surface area contributed by atoms with Crippen LogP contribution < -0.4 is 20.1 Å². The fraction of sp³-hybridized carbons (Fsp3) is 0.250. The third kappa shape index (κ3) is 13.2. The van der Waals surface area contributed by atoms with Crippen LogP contribution in [0.5, 0.6) is 11.5 Å². The Morgan fingerprint density at radius 1 is 0.575 bits per heavy atom. The molecule has 0 fully saturated rings. The van der Waals surface area contributed by atoms with Crippen molar-refractivity contribution in [3.8, 4) is 34.3 Å². The number of carbonyl (C=O) groups is 4. The molecule has 0 radical (unpaired) electrons. The number of carbonyl (C=O) groups excluding carboxylic acids is 3. The third-order valence-electron chi connectivity index (χ3n) is 11.8. The number of nitrogens with one attached hydrogen (secondary N) is 4. The van der Waals surface area contributed by atoms with Crippen LogP contribution in [0, 0.1) is 0 Å². The number of fused-ring (bicyclic) bond motifs is 2. The van der Waals surface area contributed by atoms with Crippen molar-refractivity contribution < 1.29 is 43.6 Å². The van der Waals surface area contributed by atoms with Crippen molar-refractivity contribution >= 4 is 69.0 Å². The van der Waals surface area contributed by atoms with E-state index in [1.807, 2.05) is 76.2 Å². The molecule has 0 unspecified atom stereocenters. The van der Waals surface area contributed by atoms with E-state index in [-0.39, 0.29) is 55.3 Å². The lowest BCUT2D eigenvalue weighted by Gasteiger charge is -2.20. The Morgan fingerprint density at radius 3 is 1.45 bits per heavy atom. The number of carboxylic acids is 1. The smallest absolute Gasteiger partial charge is 0.338 e. The molecule has 8 aromatic rings. The third-order valence-corrected chi connectivity index (χ3v) is 12.4. The van der Waals surface area contributed by atoms with Gasteiger partial charge in [0.15, 0.2) is 0 Å². The first-order valence-electron chi connectivity index (χ1n) is 23.8. The van der Waals surface area contributed by atoms with E-state index in [0.717, 1.165) is 22.3 Å². The number of imidazole rings is 2. The van der Waals surface area contributed by atoms with Crippen molar-refractivity contribution in [1.82, 2.24) is 30.6 Å². The maximum absolute atomic E-state index is 13.7. The molecule has 6 N–H and O–H groups in total. The quantitative estimate of drug-likeness (QED) is 0.0372. The zero-order valence-corrected chi connectivity index (χ0v) is 42.0. The number of nitrogens with zero attached hydrogens (tertiary/aromatic N) is 2. The molecule has 0 aliphatic heterocycles. The molecule has 6 aromatic carbocycles. The summed E-state index contributed by atoms with van der Waals surface area (Å²) < 4.78 is 17.2. The van der Waals surface area contributed by atoms with Crippen LogP contribution in [-0.2, 0) is 17.6 Å². The van der Waals surface area contributed by atoms with Gasteiger partial charge >= 0.3 is 11.9 Å². The van der Waals surface area contributed by atoms with Gasteiger partial charge in [-0.1, -0.05) is 71.7 Å². The van der Waals surface area contributed by atoms with Crippen molar-refractivity contribution in [3.05, 3.63) is 165 Å². The van der Waals surface area contributed by atoms with E-state index in [9.17, 15) is 29.4 Å². The van der Waals surface area contributed by atoms with Gasteiger partial charge in [0.05, 0.1) is 62.1 Å². The molecule has 73 heavy (non-hydrogen) atoms. The van der Waals surface area contributed by atoms with Gasteiger partial charge in [-0.15, -0.1) is 0 Å². The van der Waals surface area contributed by atoms with Crippen LogP contribution >= 0.6 is 23.2 Å². The van der Waals surface area contributed by atoms with E-state index in [1.54, 1.807) is 66.7 Å². The standard InChI is InChI=1S/C56H54Cl2N6O9/c1-31(2)72-49-19-15-37(27-43(49)57)53(66)59-41(21-23-65)25-33-5-9-36(10-6-33)52-62-46-18-14-40(30-48(46)64-52)56(70)71-24-22-42(60-54(67)38-16-20-50(44(58)28-38)73-32(3)4)26-34-7-11-35(12-8-34)51-61-45-17-13-39(55(68)69)29-47(45)63-51/h5-20,27-32,41-42,65H,21-26H2,1-4H3,(H,59,66)(H,60,67)(H,61,63)(H,62,64)(H,68,69)/t41-,42-/m1/s1. The Labute approximate surface area is 431 Å². The molecular formula is C56H54Cl2N6O9. The molecular weight excluding hydrogens is 972 g/mol. The molecule has 15 nitrogen and oxygen atoms in total. The summed E-state index contributed by atoms with van der Waals surface area (Å²) in [5.41, 5.74) is 7.15. The van der Waals surface area contributed by atoms with Crippen molar-refractivity contribution in [2.45, 2.75) is 77.7 Å². The van der Waals surface area contributed by atoms with Crippen LogP contribution in [-0.4, -0.2) is 91.4 Å². The van der Waals surface area contributed by atoms with Crippen LogP contribution in [0.25, 0.3) is 44.8 Å². The molecule has 0 aliphatic carbocycles. The first-order chi connectivity index (χ1) is 35.1. The van der Waals surface area contributed by atoms with Crippen LogP contribution in [0.1, 0.15) is 93.1 Å². The van der Waals surface area contributed by atoms with Crippen molar-refractivity contribution in [1.29, 1.82) is 0 Å². The highest BCUT2D eigenvalue weighted by molar-refractivity contribution is 6.32. The monoisotopic (exact) mass is 1020 g/mol. The van der Waals surface area contributed by atoms with Gasteiger partial charge < -0.3 is 45.0 Å². The van der Waals surface area contributed by atoms with Crippen LogP contribution in [0.2, 0.25) is 10.0 Å². The number of hydrogen-bond acceptors (Lipinski definition) is 10. The number of aromatic amines is 2. The number of ether oxygens (including phenoxy) is 3. The minimum Gasteiger partial charge on any atom is -0.489 e. The van der Waals surface area contributed by atoms with E-state index in [0.29, 0.717) is 91.2 Å². The topological polar surface area (TPSA) is 218 Å². The number of rotatable bonds is 21. The van der Waals surface area contributed by atoms with Crippen molar-refractivity contribution in [2.24, 2.45) is 0 Å². The molecule has 0 aliphatic rings. The summed E-state index contributed by atoms with van der Waals surface area (Å²) in [6.07, 6.45) is 1.34. The molecule has 2 amide bonds. The number of aliphatic hydroxyl groups excluding tert-OH is 1. The minimum atomic E-state index is -1.03. The minimum absolute atomic E-state index is 0.00211. The second-order valence-corrected chi connectivity index (χ2v) is 19.0. The van der Waals surface area contributed by atoms with E-state index >= 15 is 0 Å². The molecule has 376 valence electrons. The second kappa shape index (κ2) is 23.2. The Kier molecular flexibility index (Phi) is 16.4. The summed E-state index contributed by atoms with van der Waals surface area (Å²) in [6.45, 7) is 7.45. The summed E-state index contributed by atoms with van der Waals surface area (Å²) in [5, 5.41) is 26.0. The molecule has 0 saturated carbocycles. The molecule has 2 aromatic heterocycles. The number of carboxylic acid groups (broad SMARTS) is 1. The molecule has 2 heterocycles. The zero-order chi connectivity index (χ0) is 51.8. The lowest BCUT2D eigenvalue weighted by atomic mass is 10.0. The fourth-order valence-corrected chi connectivity index (χ4v) is 8.67. The SMILES string of the molecule is CC(C)Oc1ccc(C(=O)N[C@H](CCO)Cc2ccc(-c3nc4ccc(C(=O)OCC[C@H](Cc5ccc(-c6nc7ccc(C(=O)O)cc7[nH]6)cc5)NC(=O)c5ccc(OC(C)C)c(Cl)c5)cc4[nH]3)cc2)cc1Cl. The molecule has 2 atom stereocenters. The van der Waals surface area contributed by atoms with E-state index in [1.165, 1.54) is 6.07 Å². The van der Waals surface area contributed by atoms with E-state index in [4.69, 9.17) is 42.4 Å². The van der Waals surface area contributed by atoms with Gasteiger partial charge in [0, 0.05) is 47.4 Å². The van der Waals surface area contributed by atoms with Gasteiger partial charge in [0.25, 0.3) is 11.8 Å². The summed E-state index contributed by atoms with van der Waals surface area (Å²) in [7, 11) is 0. The summed E-state index contributed by atoms with van der Waals surface area (Å²) in [6, 6.07) is 34.1. The van der Waals surface area contributed by atoms with E-state index in [2.05, 4.69) is 25.6 Å². The maximum Gasteiger partial charge on any atom is 0.338 e. The Balaban J connectivity index is 0.907. The lowest BCUT2D eigenvalue weighted by molar-refractivity contribution is 0.0488. The normalized spacial score (nSPS) is 12.2. The van der Waals surface area contributed by atoms with Crippen molar-refractivity contribution in [3.63, 3.8) is 0 Å². The fourth-order valence-electron chi connectivity index (χ4n) is 8.22. The maximum atomic E-state index is 13.7. The van der Waals surface area contributed by atoms with Gasteiger partial charge in [-0.2, -0.15) is 0 Å². The number of hydrogen-bond donors (Lipinski definition) is 6. The Hall–Kier alpha value is -7.72.